The Kier molecular flexibility index (Phi) is 3.45. The smallest absolute Gasteiger partial charge is 0.263 e. The van der Waals surface area contributed by atoms with E-state index in [4.69, 9.17) is 10.5 Å². The van der Waals surface area contributed by atoms with Crippen molar-refractivity contribution in [3.8, 4) is 5.75 Å². The number of carbonyl (C=O) groups is 1. The van der Waals surface area contributed by atoms with Gasteiger partial charge in [-0.3, -0.25) is 4.79 Å². The van der Waals surface area contributed by atoms with Gasteiger partial charge in [-0.05, 0) is 38.5 Å². The second-order valence-electron chi connectivity index (χ2n) is 4.85. The van der Waals surface area contributed by atoms with Gasteiger partial charge in [0.25, 0.3) is 5.91 Å². The molecular formula is C14H20N2O2. The molecule has 0 saturated heterocycles. The molecule has 2 N–H and O–H groups in total. The van der Waals surface area contributed by atoms with Gasteiger partial charge in [0, 0.05) is 23.8 Å². The number of carbonyl (C=O) groups excluding carboxylic acids is 1. The number of fused-ring (bicyclic) bond motifs is 1. The molecule has 1 aromatic carbocycles. The van der Waals surface area contributed by atoms with Gasteiger partial charge in [-0.25, -0.2) is 0 Å². The van der Waals surface area contributed by atoms with Gasteiger partial charge < -0.3 is 15.4 Å². The van der Waals surface area contributed by atoms with Crippen molar-refractivity contribution < 1.29 is 9.53 Å². The number of ether oxygens (including phenoxy) is 1. The SMILES string of the molecule is CCC(C)N1Cc2cc(N)ccc2OC(C)C1=O. The van der Waals surface area contributed by atoms with Crippen LogP contribution in [-0.2, 0) is 11.3 Å². The van der Waals surface area contributed by atoms with E-state index < -0.39 is 6.10 Å². The highest BCUT2D eigenvalue weighted by molar-refractivity contribution is 5.82. The normalized spacial score (nSPS) is 20.9. The van der Waals surface area contributed by atoms with E-state index >= 15 is 0 Å². The monoisotopic (exact) mass is 248 g/mol. The third kappa shape index (κ3) is 2.28. The molecule has 0 aromatic heterocycles. The first-order chi connectivity index (χ1) is 8.52. The van der Waals surface area contributed by atoms with Crippen LogP contribution in [0.4, 0.5) is 5.69 Å². The summed E-state index contributed by atoms with van der Waals surface area (Å²) in [6.45, 7) is 6.50. The van der Waals surface area contributed by atoms with Gasteiger partial charge in [0.15, 0.2) is 6.10 Å². The van der Waals surface area contributed by atoms with Crippen molar-refractivity contribution in [3.63, 3.8) is 0 Å². The number of hydrogen-bond donors (Lipinski definition) is 1. The van der Waals surface area contributed by atoms with Gasteiger partial charge in [0.1, 0.15) is 5.75 Å². The standard InChI is InChI=1S/C14H20N2O2/c1-4-9(2)16-8-11-7-12(15)5-6-13(11)18-10(3)14(16)17/h5-7,9-10H,4,8,15H2,1-3H3. The van der Waals surface area contributed by atoms with E-state index in [-0.39, 0.29) is 11.9 Å². The minimum atomic E-state index is -0.441. The molecule has 2 atom stereocenters. The van der Waals surface area contributed by atoms with Gasteiger partial charge in [-0.1, -0.05) is 6.92 Å². The van der Waals surface area contributed by atoms with E-state index in [1.807, 2.05) is 17.0 Å². The Morgan fingerprint density at radius 3 is 2.94 bits per heavy atom. The van der Waals surface area contributed by atoms with Gasteiger partial charge in [-0.2, -0.15) is 0 Å². The summed E-state index contributed by atoms with van der Waals surface area (Å²) in [4.78, 5) is 14.1. The summed E-state index contributed by atoms with van der Waals surface area (Å²) in [5.74, 6) is 0.801. The topological polar surface area (TPSA) is 55.6 Å². The molecule has 1 aromatic rings. The van der Waals surface area contributed by atoms with Crippen LogP contribution in [0.1, 0.15) is 32.8 Å². The van der Waals surface area contributed by atoms with Crippen molar-refractivity contribution in [1.29, 1.82) is 0 Å². The average molecular weight is 248 g/mol. The van der Waals surface area contributed by atoms with Crippen LogP contribution in [0.3, 0.4) is 0 Å². The molecule has 18 heavy (non-hydrogen) atoms. The van der Waals surface area contributed by atoms with Crippen LogP contribution in [0.25, 0.3) is 0 Å². The average Bonchev–Trinajstić information content (AvgIpc) is 2.47. The second kappa shape index (κ2) is 4.88. The molecule has 2 rings (SSSR count). The van der Waals surface area contributed by atoms with Crippen LogP contribution in [0.5, 0.6) is 5.75 Å². The lowest BCUT2D eigenvalue weighted by atomic mass is 10.1. The van der Waals surface area contributed by atoms with Gasteiger partial charge in [0.2, 0.25) is 0 Å². The summed E-state index contributed by atoms with van der Waals surface area (Å²) in [7, 11) is 0. The van der Waals surface area contributed by atoms with Gasteiger partial charge >= 0.3 is 0 Å². The van der Waals surface area contributed by atoms with E-state index in [1.54, 1.807) is 13.0 Å². The quantitative estimate of drug-likeness (QED) is 0.816. The molecule has 1 aliphatic heterocycles. The number of nitrogens with two attached hydrogens (primary N) is 1. The van der Waals surface area contributed by atoms with Crippen LogP contribution < -0.4 is 10.5 Å². The molecule has 1 aliphatic rings. The number of nitrogen functional groups attached to an aromatic ring is 1. The minimum Gasteiger partial charge on any atom is -0.481 e. The maximum absolute atomic E-state index is 12.3. The maximum Gasteiger partial charge on any atom is 0.263 e. The molecule has 0 radical (unpaired) electrons. The summed E-state index contributed by atoms with van der Waals surface area (Å²) in [5, 5.41) is 0. The Bertz CT molecular complexity index is 459. The number of nitrogens with zero attached hydrogens (tertiary/aromatic N) is 1. The lowest BCUT2D eigenvalue weighted by Crippen LogP contribution is -2.42. The number of amides is 1. The third-order valence-corrected chi connectivity index (χ3v) is 3.48. The molecule has 4 heteroatoms. The first-order valence-corrected chi connectivity index (χ1v) is 6.38. The molecule has 0 spiro atoms. The summed E-state index contributed by atoms with van der Waals surface area (Å²) >= 11 is 0. The van der Waals surface area contributed by atoms with E-state index in [9.17, 15) is 4.79 Å². The molecule has 0 fully saturated rings. The van der Waals surface area contributed by atoms with Crippen LogP contribution in [-0.4, -0.2) is 23.0 Å². The number of benzene rings is 1. The molecule has 0 saturated carbocycles. The van der Waals surface area contributed by atoms with E-state index in [1.165, 1.54) is 0 Å². The molecular weight excluding hydrogens is 228 g/mol. The van der Waals surface area contributed by atoms with E-state index in [0.29, 0.717) is 12.2 Å². The van der Waals surface area contributed by atoms with Crippen molar-refractivity contribution >= 4 is 11.6 Å². The Morgan fingerprint density at radius 1 is 1.56 bits per heavy atom. The van der Waals surface area contributed by atoms with Crippen molar-refractivity contribution in [2.75, 3.05) is 5.73 Å². The summed E-state index contributed by atoms with van der Waals surface area (Å²) in [5.41, 5.74) is 7.47. The largest absolute Gasteiger partial charge is 0.481 e. The summed E-state index contributed by atoms with van der Waals surface area (Å²) in [6.07, 6.45) is 0.486. The predicted molar refractivity (Wildman–Crippen MR) is 71.2 cm³/mol. The molecule has 98 valence electrons. The first-order valence-electron chi connectivity index (χ1n) is 6.38. The highest BCUT2D eigenvalue weighted by Crippen LogP contribution is 2.28. The maximum atomic E-state index is 12.3. The van der Waals surface area contributed by atoms with Gasteiger partial charge in [0.05, 0.1) is 0 Å². The summed E-state index contributed by atoms with van der Waals surface area (Å²) < 4.78 is 5.70. The van der Waals surface area contributed by atoms with Gasteiger partial charge in [-0.15, -0.1) is 0 Å². The van der Waals surface area contributed by atoms with E-state index in [2.05, 4.69) is 13.8 Å². The third-order valence-electron chi connectivity index (χ3n) is 3.48. The fourth-order valence-corrected chi connectivity index (χ4v) is 2.17. The Labute approximate surface area is 108 Å². The van der Waals surface area contributed by atoms with Crippen molar-refractivity contribution in [1.82, 2.24) is 4.90 Å². The molecule has 2 unspecified atom stereocenters. The van der Waals surface area contributed by atoms with Crippen molar-refractivity contribution in [2.24, 2.45) is 0 Å². The Hall–Kier alpha value is -1.71. The number of anilines is 1. The molecule has 0 aliphatic carbocycles. The molecule has 4 nitrogen and oxygen atoms in total. The fraction of sp³-hybridized carbons (Fsp3) is 0.500. The predicted octanol–water partition coefficient (Wildman–Crippen LogP) is 2.18. The lowest BCUT2D eigenvalue weighted by molar-refractivity contribution is -0.139. The van der Waals surface area contributed by atoms with Crippen molar-refractivity contribution in [2.45, 2.75) is 45.9 Å². The molecule has 1 amide bonds. The highest BCUT2D eigenvalue weighted by atomic mass is 16.5. The number of rotatable bonds is 2. The Morgan fingerprint density at radius 2 is 2.28 bits per heavy atom. The highest BCUT2D eigenvalue weighted by Gasteiger charge is 2.30. The lowest BCUT2D eigenvalue weighted by Gasteiger charge is -2.28. The zero-order chi connectivity index (χ0) is 13.3. The molecule has 1 heterocycles. The van der Waals surface area contributed by atoms with Crippen molar-refractivity contribution in [3.05, 3.63) is 23.8 Å². The first kappa shape index (κ1) is 12.7. The van der Waals surface area contributed by atoms with Crippen LogP contribution in [0, 0.1) is 0 Å². The molecule has 0 bridgehead atoms. The fourth-order valence-electron chi connectivity index (χ4n) is 2.17. The minimum absolute atomic E-state index is 0.0409. The van der Waals surface area contributed by atoms with Crippen LogP contribution in [0.15, 0.2) is 18.2 Å². The van der Waals surface area contributed by atoms with Crippen LogP contribution >= 0.6 is 0 Å². The Balaban J connectivity index is 2.38. The summed E-state index contributed by atoms with van der Waals surface area (Å²) in [6, 6.07) is 5.73. The number of hydrogen-bond acceptors (Lipinski definition) is 3. The zero-order valence-electron chi connectivity index (χ0n) is 11.1. The van der Waals surface area contributed by atoms with E-state index in [0.717, 1.165) is 17.7 Å². The zero-order valence-corrected chi connectivity index (χ0v) is 11.1. The second-order valence-corrected chi connectivity index (χ2v) is 4.85. The van der Waals surface area contributed by atoms with Crippen LogP contribution in [0.2, 0.25) is 0 Å².